The molecule has 2 aromatic carbocycles. The molecule has 2 aromatic rings. The van der Waals surface area contributed by atoms with Crippen LogP contribution in [0.15, 0.2) is 60.7 Å². The summed E-state index contributed by atoms with van der Waals surface area (Å²) in [6.07, 6.45) is 1.89. The number of aliphatic carboxylic acids is 1. The second-order valence-corrected chi connectivity index (χ2v) is 10.5. The number of hydrogen-bond donors (Lipinski definition) is 4. The number of carbonyl (C=O) groups is 5. The molecule has 0 saturated carbocycles. The van der Waals surface area contributed by atoms with Crippen LogP contribution >= 0.6 is 0 Å². The first kappa shape index (κ1) is 31.5. The molecule has 0 aromatic heterocycles. The standard InChI is InChI=1S/C31H40N4O6/c1-2-24(36)15-16-25(30(39)35-17-9-14-27(35)31(40)41)34-29(38)26(19-22-12-7-4-8-13-22)33-28(37)20-23(32)18-21-10-5-3-6-11-21/h3-8,10-13,23,25-27H,2,9,14-20,32H2,1H3,(H,33,37)(H,34,38)(H,40,41)/t23-,25-,26-,27-/m0/s1. The van der Waals surface area contributed by atoms with Gasteiger partial charge in [-0.05, 0) is 36.8 Å². The maximum Gasteiger partial charge on any atom is 0.326 e. The van der Waals surface area contributed by atoms with Gasteiger partial charge in [0.05, 0.1) is 0 Å². The lowest BCUT2D eigenvalue weighted by Gasteiger charge is -2.29. The van der Waals surface area contributed by atoms with Crippen LogP contribution in [0.2, 0.25) is 0 Å². The smallest absolute Gasteiger partial charge is 0.326 e. The average molecular weight is 565 g/mol. The molecule has 5 N–H and O–H groups in total. The van der Waals surface area contributed by atoms with E-state index in [4.69, 9.17) is 5.73 Å². The number of benzene rings is 2. The van der Waals surface area contributed by atoms with E-state index < -0.39 is 47.9 Å². The largest absolute Gasteiger partial charge is 0.480 e. The summed E-state index contributed by atoms with van der Waals surface area (Å²) in [6.45, 7) is 1.97. The Morgan fingerprint density at radius 3 is 2.12 bits per heavy atom. The molecule has 10 nitrogen and oxygen atoms in total. The highest BCUT2D eigenvalue weighted by Crippen LogP contribution is 2.20. The Balaban J connectivity index is 1.75. The minimum Gasteiger partial charge on any atom is -0.480 e. The number of nitrogens with two attached hydrogens (primary N) is 1. The summed E-state index contributed by atoms with van der Waals surface area (Å²) in [4.78, 5) is 65.1. The molecule has 1 fully saturated rings. The van der Waals surface area contributed by atoms with Crippen molar-refractivity contribution in [2.75, 3.05) is 6.54 Å². The SMILES string of the molecule is CCC(=O)CC[C@H](NC(=O)[C@H](Cc1ccccc1)NC(=O)C[C@@H](N)Cc1ccccc1)C(=O)N1CCC[C@H]1C(=O)O. The Labute approximate surface area is 240 Å². The van der Waals surface area contributed by atoms with Crippen LogP contribution in [0.4, 0.5) is 0 Å². The van der Waals surface area contributed by atoms with Crippen molar-refractivity contribution >= 4 is 29.5 Å². The van der Waals surface area contributed by atoms with E-state index in [0.29, 0.717) is 19.3 Å². The third-order valence-electron chi connectivity index (χ3n) is 7.26. The van der Waals surface area contributed by atoms with E-state index in [9.17, 15) is 29.1 Å². The molecule has 1 aliphatic heterocycles. The Bertz CT molecular complexity index is 1190. The zero-order valence-electron chi connectivity index (χ0n) is 23.5. The Morgan fingerprint density at radius 1 is 0.927 bits per heavy atom. The van der Waals surface area contributed by atoms with Crippen LogP contribution in [-0.2, 0) is 36.8 Å². The molecule has 0 aliphatic carbocycles. The van der Waals surface area contributed by atoms with Crippen molar-refractivity contribution in [3.8, 4) is 0 Å². The summed E-state index contributed by atoms with van der Waals surface area (Å²) in [5, 5.41) is 15.1. The first-order valence-electron chi connectivity index (χ1n) is 14.2. The number of Topliss-reactive ketones (excluding diaryl/α,β-unsaturated/α-hetero) is 1. The molecule has 0 radical (unpaired) electrons. The summed E-state index contributed by atoms with van der Waals surface area (Å²) in [5.74, 6) is -2.71. The number of carboxylic acid groups (broad SMARTS) is 1. The van der Waals surface area contributed by atoms with Crippen molar-refractivity contribution in [3.05, 3.63) is 71.8 Å². The zero-order valence-corrected chi connectivity index (χ0v) is 23.5. The summed E-state index contributed by atoms with van der Waals surface area (Å²) in [6, 6.07) is 15.1. The van der Waals surface area contributed by atoms with Crippen LogP contribution in [-0.4, -0.2) is 70.2 Å². The number of amides is 3. The first-order chi connectivity index (χ1) is 19.7. The van der Waals surface area contributed by atoms with Gasteiger partial charge in [0.15, 0.2) is 0 Å². The van der Waals surface area contributed by atoms with Crippen LogP contribution < -0.4 is 16.4 Å². The number of carboxylic acids is 1. The van der Waals surface area contributed by atoms with Gasteiger partial charge in [-0.1, -0.05) is 67.6 Å². The normalized spacial score (nSPS) is 16.8. The van der Waals surface area contributed by atoms with Crippen LogP contribution in [0.25, 0.3) is 0 Å². The van der Waals surface area contributed by atoms with Crippen molar-refractivity contribution in [1.29, 1.82) is 0 Å². The number of nitrogens with zero attached hydrogens (tertiary/aromatic N) is 1. The van der Waals surface area contributed by atoms with E-state index in [1.807, 2.05) is 60.7 Å². The Kier molecular flexibility index (Phi) is 12.0. The van der Waals surface area contributed by atoms with Gasteiger partial charge in [-0.25, -0.2) is 4.79 Å². The molecular weight excluding hydrogens is 524 g/mol. The quantitative estimate of drug-likeness (QED) is 0.257. The fourth-order valence-corrected chi connectivity index (χ4v) is 5.04. The number of hydrogen-bond acceptors (Lipinski definition) is 6. The van der Waals surface area contributed by atoms with Gasteiger partial charge in [0, 0.05) is 38.3 Å². The van der Waals surface area contributed by atoms with Gasteiger partial charge >= 0.3 is 5.97 Å². The molecule has 0 bridgehead atoms. The zero-order chi connectivity index (χ0) is 29.8. The number of carbonyl (C=O) groups excluding carboxylic acids is 4. The molecule has 1 saturated heterocycles. The minimum absolute atomic E-state index is 0.00507. The predicted octanol–water partition coefficient (Wildman–Crippen LogP) is 1.99. The molecule has 41 heavy (non-hydrogen) atoms. The molecule has 1 aliphatic rings. The van der Waals surface area contributed by atoms with Crippen molar-refractivity contribution in [2.24, 2.45) is 5.73 Å². The summed E-state index contributed by atoms with van der Waals surface area (Å²) >= 11 is 0. The highest BCUT2D eigenvalue weighted by Gasteiger charge is 2.38. The third-order valence-corrected chi connectivity index (χ3v) is 7.26. The van der Waals surface area contributed by atoms with Crippen LogP contribution in [0.5, 0.6) is 0 Å². The topological polar surface area (TPSA) is 159 Å². The molecule has 4 atom stereocenters. The van der Waals surface area contributed by atoms with E-state index in [1.54, 1.807) is 6.92 Å². The van der Waals surface area contributed by atoms with Crippen molar-refractivity contribution < 1.29 is 29.1 Å². The molecule has 3 rings (SSSR count). The number of ketones is 1. The lowest BCUT2D eigenvalue weighted by molar-refractivity contribution is -0.149. The van der Waals surface area contributed by atoms with Gasteiger partial charge in [-0.3, -0.25) is 19.2 Å². The summed E-state index contributed by atoms with van der Waals surface area (Å²) in [7, 11) is 0. The molecule has 220 valence electrons. The van der Waals surface area contributed by atoms with Crippen molar-refractivity contribution in [2.45, 2.75) is 82.5 Å². The predicted molar refractivity (Wildman–Crippen MR) is 154 cm³/mol. The molecule has 0 unspecified atom stereocenters. The molecule has 3 amide bonds. The molecule has 1 heterocycles. The van der Waals surface area contributed by atoms with Crippen LogP contribution in [0.1, 0.15) is 56.6 Å². The fourth-order valence-electron chi connectivity index (χ4n) is 5.04. The number of nitrogens with one attached hydrogen (secondary N) is 2. The van der Waals surface area contributed by atoms with E-state index in [2.05, 4.69) is 10.6 Å². The van der Waals surface area contributed by atoms with E-state index in [0.717, 1.165) is 11.1 Å². The van der Waals surface area contributed by atoms with Gasteiger partial charge < -0.3 is 26.4 Å². The first-order valence-corrected chi connectivity index (χ1v) is 14.2. The van der Waals surface area contributed by atoms with Crippen molar-refractivity contribution in [3.63, 3.8) is 0 Å². The Morgan fingerprint density at radius 2 is 1.54 bits per heavy atom. The van der Waals surface area contributed by atoms with Gasteiger partial charge in [-0.15, -0.1) is 0 Å². The van der Waals surface area contributed by atoms with Crippen LogP contribution in [0, 0.1) is 0 Å². The van der Waals surface area contributed by atoms with E-state index >= 15 is 0 Å². The van der Waals surface area contributed by atoms with Crippen LogP contribution in [0.3, 0.4) is 0 Å². The Hall–Kier alpha value is -4.05. The van der Waals surface area contributed by atoms with Gasteiger partial charge in [0.25, 0.3) is 0 Å². The second kappa shape index (κ2) is 15.7. The summed E-state index contributed by atoms with van der Waals surface area (Å²) in [5.41, 5.74) is 8.03. The number of rotatable bonds is 15. The third kappa shape index (κ3) is 9.82. The second-order valence-electron chi connectivity index (χ2n) is 10.5. The lowest BCUT2D eigenvalue weighted by atomic mass is 10.0. The summed E-state index contributed by atoms with van der Waals surface area (Å²) < 4.78 is 0. The maximum absolute atomic E-state index is 13.6. The highest BCUT2D eigenvalue weighted by molar-refractivity contribution is 5.94. The van der Waals surface area contributed by atoms with E-state index in [1.165, 1.54) is 4.90 Å². The van der Waals surface area contributed by atoms with E-state index in [-0.39, 0.29) is 44.4 Å². The van der Waals surface area contributed by atoms with Gasteiger partial charge in [0.2, 0.25) is 17.7 Å². The average Bonchev–Trinajstić information content (AvgIpc) is 3.46. The van der Waals surface area contributed by atoms with Gasteiger partial charge in [0.1, 0.15) is 23.9 Å². The maximum atomic E-state index is 13.6. The minimum atomic E-state index is -1.10. The van der Waals surface area contributed by atoms with Crippen molar-refractivity contribution in [1.82, 2.24) is 15.5 Å². The number of likely N-dealkylation sites (tertiary alicyclic amines) is 1. The molecule has 0 spiro atoms. The highest BCUT2D eigenvalue weighted by atomic mass is 16.4. The van der Waals surface area contributed by atoms with Gasteiger partial charge in [-0.2, -0.15) is 0 Å². The lowest BCUT2D eigenvalue weighted by Crippen LogP contribution is -2.56. The molecule has 10 heteroatoms. The monoisotopic (exact) mass is 564 g/mol. The molecular formula is C31H40N4O6. The fraction of sp³-hybridized carbons (Fsp3) is 0.452.